The van der Waals surface area contributed by atoms with E-state index in [0.717, 1.165) is 4.47 Å². The summed E-state index contributed by atoms with van der Waals surface area (Å²) in [6.45, 7) is 0. The topological polar surface area (TPSA) is 52.3 Å². The summed E-state index contributed by atoms with van der Waals surface area (Å²) >= 11 is 12.1. The van der Waals surface area contributed by atoms with Crippen molar-refractivity contribution < 1.29 is 9.53 Å². The molecule has 1 aromatic carbocycles. The summed E-state index contributed by atoms with van der Waals surface area (Å²) in [5.41, 5.74) is 6.43. The van der Waals surface area contributed by atoms with Crippen LogP contribution in [0.1, 0.15) is 10.4 Å². The summed E-state index contributed by atoms with van der Waals surface area (Å²) in [6, 6.07) is 1.67. The van der Waals surface area contributed by atoms with E-state index in [1.165, 1.54) is 7.11 Å². The van der Waals surface area contributed by atoms with Crippen LogP contribution in [0, 0.1) is 0 Å². The fourth-order valence-corrected chi connectivity index (χ4v) is 2.01. The van der Waals surface area contributed by atoms with E-state index in [1.54, 1.807) is 6.07 Å². The first-order valence-corrected chi connectivity index (χ1v) is 6.05. The number of Topliss-reactive ketones (excluding diaryl/α,β-unsaturated/α-hetero) is 1. The number of benzene rings is 1. The van der Waals surface area contributed by atoms with E-state index in [-0.39, 0.29) is 11.7 Å². The van der Waals surface area contributed by atoms with Crippen LogP contribution in [-0.4, -0.2) is 18.8 Å². The number of anilines is 1. The zero-order valence-corrected chi connectivity index (χ0v) is 11.7. The van der Waals surface area contributed by atoms with E-state index in [9.17, 15) is 4.79 Å². The molecule has 1 rings (SSSR count). The van der Waals surface area contributed by atoms with Gasteiger partial charge in [-0.3, -0.25) is 4.79 Å². The molecule has 0 aliphatic rings. The Morgan fingerprint density at radius 3 is 2.67 bits per heavy atom. The Morgan fingerprint density at radius 1 is 1.60 bits per heavy atom. The number of carbonyl (C=O) groups is 1. The number of carbonyl (C=O) groups excluding carboxylic acids is 1. The molecule has 1 aromatic rings. The predicted octanol–water partition coefficient (Wildman–Crippen LogP) is 3.22. The number of hydrogen-bond donors (Lipinski definition) is 1. The van der Waals surface area contributed by atoms with Gasteiger partial charge < -0.3 is 10.5 Å². The van der Waals surface area contributed by atoms with Crippen LogP contribution in [-0.2, 0) is 0 Å². The molecule has 2 N–H and O–H groups in total. The SMILES string of the molecule is COc1cc(Br)c(Br)c(N)c1C(=O)CCl. The molecule has 0 fully saturated rings. The maximum Gasteiger partial charge on any atom is 0.183 e. The van der Waals surface area contributed by atoms with Crippen molar-refractivity contribution in [2.45, 2.75) is 0 Å². The van der Waals surface area contributed by atoms with Crippen molar-refractivity contribution in [1.29, 1.82) is 0 Å². The first kappa shape index (κ1) is 12.8. The van der Waals surface area contributed by atoms with E-state index >= 15 is 0 Å². The van der Waals surface area contributed by atoms with Gasteiger partial charge in [-0.25, -0.2) is 0 Å². The number of hydrogen-bond acceptors (Lipinski definition) is 3. The van der Waals surface area contributed by atoms with E-state index in [0.29, 0.717) is 21.5 Å². The Bertz CT molecular complexity index is 410. The zero-order chi connectivity index (χ0) is 11.6. The summed E-state index contributed by atoms with van der Waals surface area (Å²) in [4.78, 5) is 11.5. The maximum absolute atomic E-state index is 11.5. The highest BCUT2D eigenvalue weighted by Crippen LogP contribution is 2.38. The Kier molecular flexibility index (Phi) is 4.43. The molecule has 0 radical (unpaired) electrons. The Balaban J connectivity index is 3.47. The number of ether oxygens (including phenoxy) is 1. The molecule has 0 spiro atoms. The number of alkyl halides is 1. The molecule has 0 aliphatic carbocycles. The van der Waals surface area contributed by atoms with Crippen molar-refractivity contribution >= 4 is 54.9 Å². The van der Waals surface area contributed by atoms with Crippen molar-refractivity contribution in [2.75, 3.05) is 18.7 Å². The molecule has 0 bridgehead atoms. The van der Waals surface area contributed by atoms with E-state index in [4.69, 9.17) is 22.1 Å². The molecule has 0 atom stereocenters. The van der Waals surface area contributed by atoms with E-state index in [2.05, 4.69) is 31.9 Å². The Hall–Kier alpha value is -0.260. The molecule has 6 heteroatoms. The van der Waals surface area contributed by atoms with Crippen LogP contribution in [0.4, 0.5) is 5.69 Å². The van der Waals surface area contributed by atoms with Gasteiger partial charge in [-0.1, -0.05) is 0 Å². The molecule has 0 saturated carbocycles. The van der Waals surface area contributed by atoms with Crippen molar-refractivity contribution in [3.05, 3.63) is 20.6 Å². The monoisotopic (exact) mass is 355 g/mol. The smallest absolute Gasteiger partial charge is 0.183 e. The average Bonchev–Trinajstić information content (AvgIpc) is 2.24. The molecule has 0 amide bonds. The number of nitrogen functional groups attached to an aromatic ring is 1. The number of methoxy groups -OCH3 is 1. The van der Waals surface area contributed by atoms with E-state index in [1.807, 2.05) is 0 Å². The lowest BCUT2D eigenvalue weighted by atomic mass is 10.1. The van der Waals surface area contributed by atoms with Crippen molar-refractivity contribution in [3.8, 4) is 5.75 Å². The third-order valence-electron chi connectivity index (χ3n) is 1.84. The normalized spacial score (nSPS) is 10.1. The zero-order valence-electron chi connectivity index (χ0n) is 7.81. The maximum atomic E-state index is 11.5. The molecule has 0 unspecified atom stereocenters. The average molecular weight is 357 g/mol. The van der Waals surface area contributed by atoms with Crippen LogP contribution in [0.3, 0.4) is 0 Å². The van der Waals surface area contributed by atoms with Crippen LogP contribution in [0.2, 0.25) is 0 Å². The second-order valence-electron chi connectivity index (χ2n) is 2.72. The van der Waals surface area contributed by atoms with Gasteiger partial charge in [-0.05, 0) is 37.9 Å². The predicted molar refractivity (Wildman–Crippen MR) is 67.9 cm³/mol. The van der Waals surface area contributed by atoms with Crippen LogP contribution < -0.4 is 10.5 Å². The van der Waals surface area contributed by atoms with Crippen LogP contribution in [0.25, 0.3) is 0 Å². The quantitative estimate of drug-likeness (QED) is 0.513. The van der Waals surface area contributed by atoms with Crippen molar-refractivity contribution in [2.24, 2.45) is 0 Å². The Morgan fingerprint density at radius 2 is 2.20 bits per heavy atom. The third-order valence-corrected chi connectivity index (χ3v) is 4.09. The summed E-state index contributed by atoms with van der Waals surface area (Å²) in [5.74, 6) is 0.0155. The molecule has 0 heterocycles. The van der Waals surface area contributed by atoms with Crippen LogP contribution in [0.15, 0.2) is 15.0 Å². The molecule has 3 nitrogen and oxygen atoms in total. The van der Waals surface area contributed by atoms with Gasteiger partial charge in [0.05, 0.1) is 28.7 Å². The van der Waals surface area contributed by atoms with Crippen molar-refractivity contribution in [1.82, 2.24) is 0 Å². The molecule has 0 saturated heterocycles. The van der Waals surface area contributed by atoms with Gasteiger partial charge in [0.25, 0.3) is 0 Å². The number of nitrogens with two attached hydrogens (primary N) is 1. The molecular formula is C9H8Br2ClNO2. The third kappa shape index (κ3) is 2.46. The van der Waals surface area contributed by atoms with Crippen LogP contribution in [0.5, 0.6) is 5.75 Å². The highest BCUT2D eigenvalue weighted by atomic mass is 79.9. The number of rotatable bonds is 3. The minimum atomic E-state index is -0.265. The molecule has 0 aromatic heterocycles. The lowest BCUT2D eigenvalue weighted by Crippen LogP contribution is -2.08. The van der Waals surface area contributed by atoms with Gasteiger partial charge in [0.1, 0.15) is 5.75 Å². The lowest BCUT2D eigenvalue weighted by Gasteiger charge is -2.12. The van der Waals surface area contributed by atoms with Crippen molar-refractivity contribution in [3.63, 3.8) is 0 Å². The number of ketones is 1. The minimum Gasteiger partial charge on any atom is -0.496 e. The molecular weight excluding hydrogens is 349 g/mol. The van der Waals surface area contributed by atoms with Gasteiger partial charge in [-0.2, -0.15) is 0 Å². The first-order valence-electron chi connectivity index (χ1n) is 3.93. The molecule has 15 heavy (non-hydrogen) atoms. The highest BCUT2D eigenvalue weighted by Gasteiger charge is 2.19. The molecule has 0 aliphatic heterocycles. The number of halogens is 3. The minimum absolute atomic E-state index is 0.130. The van der Waals surface area contributed by atoms with Gasteiger partial charge >= 0.3 is 0 Å². The fraction of sp³-hybridized carbons (Fsp3) is 0.222. The summed E-state index contributed by atoms with van der Waals surface area (Å²) in [7, 11) is 1.47. The largest absolute Gasteiger partial charge is 0.496 e. The molecule has 82 valence electrons. The van der Waals surface area contributed by atoms with Gasteiger partial charge in [0.2, 0.25) is 0 Å². The van der Waals surface area contributed by atoms with Crippen LogP contribution >= 0.6 is 43.5 Å². The van der Waals surface area contributed by atoms with Gasteiger partial charge in [0, 0.05) is 4.47 Å². The fourth-order valence-electron chi connectivity index (χ4n) is 1.14. The second-order valence-corrected chi connectivity index (χ2v) is 4.63. The summed E-state index contributed by atoms with van der Waals surface area (Å²) < 4.78 is 6.42. The van der Waals surface area contributed by atoms with Gasteiger partial charge in [0.15, 0.2) is 5.78 Å². The Labute approximate surface area is 109 Å². The standard InChI is InChI=1S/C9H8Br2ClNO2/c1-15-6-2-4(10)8(11)9(13)7(6)5(14)3-12/h2H,3,13H2,1H3. The first-order chi connectivity index (χ1) is 7.02. The van der Waals surface area contributed by atoms with E-state index < -0.39 is 0 Å². The van der Waals surface area contributed by atoms with Gasteiger partial charge in [-0.15, -0.1) is 11.6 Å². The highest BCUT2D eigenvalue weighted by molar-refractivity contribution is 9.13. The second kappa shape index (κ2) is 5.18. The summed E-state index contributed by atoms with van der Waals surface area (Å²) in [6.07, 6.45) is 0. The lowest BCUT2D eigenvalue weighted by molar-refractivity contribution is 0.101. The summed E-state index contributed by atoms with van der Waals surface area (Å²) in [5, 5.41) is 0.